The SMILES string of the molecule is Cc1noc([C@H]2CN(C(=O)c3cnc(C)nc3C3CC3)C[C@@H](C)O2)n1. The van der Waals surface area contributed by atoms with Gasteiger partial charge in [0.15, 0.2) is 11.9 Å². The van der Waals surface area contributed by atoms with Gasteiger partial charge in [0.25, 0.3) is 11.8 Å². The van der Waals surface area contributed by atoms with E-state index in [9.17, 15) is 4.79 Å². The van der Waals surface area contributed by atoms with Crippen LogP contribution in [0.25, 0.3) is 0 Å². The Balaban J connectivity index is 1.59. The lowest BCUT2D eigenvalue weighted by atomic mass is 10.1. The van der Waals surface area contributed by atoms with Crippen molar-refractivity contribution in [3.63, 3.8) is 0 Å². The largest absolute Gasteiger partial charge is 0.362 e. The number of rotatable bonds is 3. The monoisotopic (exact) mass is 343 g/mol. The summed E-state index contributed by atoms with van der Waals surface area (Å²) in [6, 6.07) is 0. The average molecular weight is 343 g/mol. The molecule has 0 unspecified atom stereocenters. The fourth-order valence-electron chi connectivity index (χ4n) is 3.19. The fraction of sp³-hybridized carbons (Fsp3) is 0.588. The van der Waals surface area contributed by atoms with Crippen molar-refractivity contribution in [3.05, 3.63) is 35.0 Å². The third-order valence-corrected chi connectivity index (χ3v) is 4.50. The van der Waals surface area contributed by atoms with Gasteiger partial charge in [0.2, 0.25) is 0 Å². The highest BCUT2D eigenvalue weighted by molar-refractivity contribution is 5.95. The van der Waals surface area contributed by atoms with Crippen molar-refractivity contribution in [2.24, 2.45) is 0 Å². The Labute approximate surface area is 145 Å². The molecule has 1 amide bonds. The van der Waals surface area contributed by atoms with Crippen molar-refractivity contribution in [3.8, 4) is 0 Å². The van der Waals surface area contributed by atoms with Crippen LogP contribution in [0.15, 0.2) is 10.7 Å². The summed E-state index contributed by atoms with van der Waals surface area (Å²) in [4.78, 5) is 27.9. The molecule has 2 fully saturated rings. The van der Waals surface area contributed by atoms with Crippen LogP contribution in [-0.4, -0.2) is 50.1 Å². The lowest BCUT2D eigenvalue weighted by molar-refractivity contribution is -0.0810. The summed E-state index contributed by atoms with van der Waals surface area (Å²) in [6.45, 7) is 6.44. The van der Waals surface area contributed by atoms with Crippen molar-refractivity contribution >= 4 is 5.91 Å². The van der Waals surface area contributed by atoms with Gasteiger partial charge >= 0.3 is 0 Å². The number of nitrogens with zero attached hydrogens (tertiary/aromatic N) is 5. The number of hydrogen-bond donors (Lipinski definition) is 0. The van der Waals surface area contributed by atoms with Crippen molar-refractivity contribution in [1.29, 1.82) is 0 Å². The van der Waals surface area contributed by atoms with Crippen LogP contribution in [0.5, 0.6) is 0 Å². The van der Waals surface area contributed by atoms with E-state index in [2.05, 4.69) is 20.1 Å². The van der Waals surface area contributed by atoms with Crippen LogP contribution in [0.4, 0.5) is 0 Å². The molecule has 0 aromatic carbocycles. The minimum absolute atomic E-state index is 0.0571. The van der Waals surface area contributed by atoms with Crippen LogP contribution >= 0.6 is 0 Å². The van der Waals surface area contributed by atoms with Crippen LogP contribution in [-0.2, 0) is 4.74 Å². The number of amides is 1. The lowest BCUT2D eigenvalue weighted by Gasteiger charge is -2.35. The second kappa shape index (κ2) is 6.18. The molecule has 2 aromatic rings. The predicted molar refractivity (Wildman–Crippen MR) is 87.0 cm³/mol. The Kier molecular flexibility index (Phi) is 3.99. The highest BCUT2D eigenvalue weighted by atomic mass is 16.5. The van der Waals surface area contributed by atoms with Gasteiger partial charge in [-0.05, 0) is 33.6 Å². The summed E-state index contributed by atoms with van der Waals surface area (Å²) >= 11 is 0. The minimum Gasteiger partial charge on any atom is -0.362 e. The van der Waals surface area contributed by atoms with Crippen LogP contribution in [0, 0.1) is 13.8 Å². The van der Waals surface area contributed by atoms with E-state index in [1.54, 1.807) is 18.0 Å². The van der Waals surface area contributed by atoms with Gasteiger partial charge < -0.3 is 14.2 Å². The van der Waals surface area contributed by atoms with Crippen molar-refractivity contribution in [2.45, 2.75) is 51.7 Å². The number of aryl methyl sites for hydroxylation is 2. The zero-order valence-corrected chi connectivity index (χ0v) is 14.6. The number of carbonyl (C=O) groups is 1. The van der Waals surface area contributed by atoms with Gasteiger partial charge in [0.1, 0.15) is 5.82 Å². The summed E-state index contributed by atoms with van der Waals surface area (Å²) in [6.07, 6.45) is 3.29. The van der Waals surface area contributed by atoms with Gasteiger partial charge in [0, 0.05) is 18.7 Å². The third-order valence-electron chi connectivity index (χ3n) is 4.50. The van der Waals surface area contributed by atoms with E-state index >= 15 is 0 Å². The van der Waals surface area contributed by atoms with Gasteiger partial charge in [-0.2, -0.15) is 4.98 Å². The highest BCUT2D eigenvalue weighted by Crippen LogP contribution is 2.41. The van der Waals surface area contributed by atoms with E-state index in [0.29, 0.717) is 42.1 Å². The summed E-state index contributed by atoms with van der Waals surface area (Å²) in [5.74, 6) is 1.99. The minimum atomic E-state index is -0.412. The smallest absolute Gasteiger partial charge is 0.257 e. The summed E-state index contributed by atoms with van der Waals surface area (Å²) in [5, 5.41) is 3.81. The molecule has 2 atom stereocenters. The summed E-state index contributed by atoms with van der Waals surface area (Å²) in [7, 11) is 0. The van der Waals surface area contributed by atoms with Gasteiger partial charge in [-0.15, -0.1) is 0 Å². The molecule has 2 aromatic heterocycles. The molecule has 2 aliphatic rings. The molecule has 1 saturated carbocycles. The number of ether oxygens (including phenoxy) is 1. The number of carbonyl (C=O) groups excluding carboxylic acids is 1. The van der Waals surface area contributed by atoms with Crippen LogP contribution in [0.1, 0.15) is 65.4 Å². The number of aromatic nitrogens is 4. The molecule has 0 bridgehead atoms. The standard InChI is InChI=1S/C17H21N5O3/c1-9-7-22(8-14(24-9)16-20-11(3)21-25-16)17(23)13-6-18-10(2)19-15(13)12-4-5-12/h6,9,12,14H,4-5,7-8H2,1-3H3/t9-,14-/m1/s1. The molecule has 1 saturated heterocycles. The molecular formula is C17H21N5O3. The zero-order chi connectivity index (χ0) is 17.6. The van der Waals surface area contributed by atoms with E-state index in [0.717, 1.165) is 18.5 Å². The predicted octanol–water partition coefficient (Wildman–Crippen LogP) is 1.96. The molecule has 25 heavy (non-hydrogen) atoms. The van der Waals surface area contributed by atoms with E-state index < -0.39 is 6.10 Å². The first-order chi connectivity index (χ1) is 12.0. The van der Waals surface area contributed by atoms with Crippen LogP contribution < -0.4 is 0 Å². The fourth-order valence-corrected chi connectivity index (χ4v) is 3.19. The molecule has 132 valence electrons. The average Bonchev–Trinajstić information content (AvgIpc) is 3.34. The van der Waals surface area contributed by atoms with Crippen molar-refractivity contribution < 1.29 is 14.1 Å². The normalized spacial score (nSPS) is 23.7. The third kappa shape index (κ3) is 3.26. The van der Waals surface area contributed by atoms with E-state index in [1.807, 2.05) is 13.8 Å². The first-order valence-corrected chi connectivity index (χ1v) is 8.59. The molecule has 0 N–H and O–H groups in total. The molecule has 0 spiro atoms. The quantitative estimate of drug-likeness (QED) is 0.840. The Hall–Kier alpha value is -2.35. The van der Waals surface area contributed by atoms with Gasteiger partial charge in [0.05, 0.1) is 23.9 Å². The topological polar surface area (TPSA) is 94.2 Å². The molecule has 4 rings (SSSR count). The Morgan fingerprint density at radius 1 is 1.20 bits per heavy atom. The second-order valence-electron chi connectivity index (χ2n) is 6.82. The Morgan fingerprint density at radius 3 is 2.68 bits per heavy atom. The van der Waals surface area contributed by atoms with Crippen LogP contribution in [0.3, 0.4) is 0 Å². The van der Waals surface area contributed by atoms with Crippen molar-refractivity contribution in [1.82, 2.24) is 25.0 Å². The zero-order valence-electron chi connectivity index (χ0n) is 14.6. The van der Waals surface area contributed by atoms with Gasteiger partial charge in [-0.1, -0.05) is 5.16 Å². The van der Waals surface area contributed by atoms with Crippen LogP contribution in [0.2, 0.25) is 0 Å². The first kappa shape index (κ1) is 16.1. The Bertz CT molecular complexity index is 801. The molecule has 8 heteroatoms. The summed E-state index contributed by atoms with van der Waals surface area (Å²) in [5.41, 5.74) is 1.48. The van der Waals surface area contributed by atoms with E-state index in [1.165, 1.54) is 0 Å². The van der Waals surface area contributed by atoms with E-state index in [-0.39, 0.29) is 12.0 Å². The van der Waals surface area contributed by atoms with Crippen molar-refractivity contribution in [2.75, 3.05) is 13.1 Å². The number of morpholine rings is 1. The molecule has 1 aliphatic heterocycles. The maximum Gasteiger partial charge on any atom is 0.257 e. The molecule has 1 aliphatic carbocycles. The molecular weight excluding hydrogens is 322 g/mol. The van der Waals surface area contributed by atoms with Gasteiger partial charge in [-0.3, -0.25) is 4.79 Å². The maximum absolute atomic E-state index is 13.1. The summed E-state index contributed by atoms with van der Waals surface area (Å²) < 4.78 is 11.1. The lowest BCUT2D eigenvalue weighted by Crippen LogP contribution is -2.46. The first-order valence-electron chi connectivity index (χ1n) is 8.59. The number of hydrogen-bond acceptors (Lipinski definition) is 7. The maximum atomic E-state index is 13.1. The molecule has 8 nitrogen and oxygen atoms in total. The Morgan fingerprint density at radius 2 is 2.00 bits per heavy atom. The molecule has 3 heterocycles. The second-order valence-corrected chi connectivity index (χ2v) is 6.82. The van der Waals surface area contributed by atoms with E-state index in [4.69, 9.17) is 9.26 Å². The highest BCUT2D eigenvalue weighted by Gasteiger charge is 2.36. The van der Waals surface area contributed by atoms with Gasteiger partial charge in [-0.25, -0.2) is 9.97 Å². The molecule has 0 radical (unpaired) electrons.